The zero-order valence-corrected chi connectivity index (χ0v) is 13.5. The number of carbonyl (C=O) groups excluding carboxylic acids is 1. The van der Waals surface area contributed by atoms with Gasteiger partial charge < -0.3 is 10.6 Å². The van der Waals surface area contributed by atoms with Crippen LogP contribution in [-0.2, 0) is 0 Å². The lowest BCUT2D eigenvalue weighted by molar-refractivity contribution is 0.0713. The van der Waals surface area contributed by atoms with Gasteiger partial charge in [-0.3, -0.25) is 4.79 Å². The van der Waals surface area contributed by atoms with Crippen molar-refractivity contribution in [1.29, 1.82) is 0 Å². The van der Waals surface area contributed by atoms with Crippen molar-refractivity contribution in [2.75, 3.05) is 13.1 Å². The molecule has 3 nitrogen and oxygen atoms in total. The van der Waals surface area contributed by atoms with Gasteiger partial charge in [0.1, 0.15) is 0 Å². The topological polar surface area (TPSA) is 46.3 Å². The average Bonchev–Trinajstić information content (AvgIpc) is 3.26. The van der Waals surface area contributed by atoms with Crippen LogP contribution in [0.4, 0.5) is 0 Å². The van der Waals surface area contributed by atoms with Crippen LogP contribution in [0.5, 0.6) is 0 Å². The van der Waals surface area contributed by atoms with Crippen molar-refractivity contribution in [1.82, 2.24) is 4.90 Å². The first kappa shape index (κ1) is 14.7. The van der Waals surface area contributed by atoms with Gasteiger partial charge >= 0.3 is 0 Å². The van der Waals surface area contributed by atoms with Crippen LogP contribution in [0.25, 0.3) is 11.1 Å². The largest absolute Gasteiger partial charge is 0.334 e. The van der Waals surface area contributed by atoms with Crippen molar-refractivity contribution in [3.05, 3.63) is 59.1 Å². The number of nitrogens with two attached hydrogens (primary N) is 1. The molecule has 2 aromatic carbocycles. The maximum Gasteiger partial charge on any atom is 0.254 e. The summed E-state index contributed by atoms with van der Waals surface area (Å²) in [6.45, 7) is 1.40. The van der Waals surface area contributed by atoms with Gasteiger partial charge in [-0.05, 0) is 47.6 Å². The molecule has 0 unspecified atom stereocenters. The number of carbonyl (C=O) groups is 1. The molecule has 0 aromatic heterocycles. The molecule has 2 aromatic rings. The summed E-state index contributed by atoms with van der Waals surface area (Å²) in [6.07, 6.45) is 1.23. The zero-order chi connectivity index (χ0) is 16.0. The minimum absolute atomic E-state index is 0.0956. The second-order valence-electron chi connectivity index (χ2n) is 6.47. The number of amides is 1. The fraction of sp³-hybridized carbons (Fsp3) is 0.316. The van der Waals surface area contributed by atoms with Crippen LogP contribution >= 0.6 is 11.6 Å². The van der Waals surface area contributed by atoms with Crippen molar-refractivity contribution in [2.45, 2.75) is 12.5 Å². The predicted octanol–water partition coefficient (Wildman–Crippen LogP) is 3.43. The van der Waals surface area contributed by atoms with Crippen molar-refractivity contribution in [3.8, 4) is 11.1 Å². The number of hydrogen-bond acceptors (Lipinski definition) is 2. The molecule has 0 spiro atoms. The highest BCUT2D eigenvalue weighted by Crippen LogP contribution is 2.49. The van der Waals surface area contributed by atoms with Crippen molar-refractivity contribution < 1.29 is 4.79 Å². The standard InChI is InChI=1S/C19H19ClN2O/c20-14-7-5-12(6-8-14)15-3-1-2-4-16(15)19(23)22-11-13-9-17(13)18(22)10-21/h1-8,13,17-18H,9-11,21H2/t13-,17-,18-/m1/s1. The van der Waals surface area contributed by atoms with Gasteiger partial charge in [-0.2, -0.15) is 0 Å². The van der Waals surface area contributed by atoms with Crippen molar-refractivity contribution in [3.63, 3.8) is 0 Å². The smallest absolute Gasteiger partial charge is 0.254 e. The summed E-state index contributed by atoms with van der Waals surface area (Å²) in [4.78, 5) is 15.1. The Bertz CT molecular complexity index is 743. The third-order valence-electron chi connectivity index (χ3n) is 5.12. The Kier molecular flexibility index (Phi) is 3.63. The first-order valence-electron chi connectivity index (χ1n) is 8.05. The van der Waals surface area contributed by atoms with Crippen LogP contribution in [0, 0.1) is 11.8 Å². The fourth-order valence-electron chi connectivity index (χ4n) is 3.81. The molecule has 1 aliphatic heterocycles. The molecule has 1 amide bonds. The normalized spacial score (nSPS) is 25.3. The third kappa shape index (κ3) is 2.54. The molecule has 0 radical (unpaired) electrons. The van der Waals surface area contributed by atoms with Crippen LogP contribution < -0.4 is 5.73 Å². The lowest BCUT2D eigenvalue weighted by atomic mass is 9.98. The zero-order valence-electron chi connectivity index (χ0n) is 12.8. The molecule has 2 aliphatic rings. The van der Waals surface area contributed by atoms with E-state index in [9.17, 15) is 4.79 Å². The van der Waals surface area contributed by atoms with Gasteiger partial charge in [-0.25, -0.2) is 0 Å². The van der Waals surface area contributed by atoms with E-state index < -0.39 is 0 Å². The molecular weight excluding hydrogens is 308 g/mol. The second-order valence-corrected chi connectivity index (χ2v) is 6.91. The maximum absolute atomic E-state index is 13.1. The predicted molar refractivity (Wildman–Crippen MR) is 92.4 cm³/mol. The maximum atomic E-state index is 13.1. The first-order valence-corrected chi connectivity index (χ1v) is 8.43. The number of fused-ring (bicyclic) bond motifs is 1. The minimum atomic E-state index is 0.0956. The summed E-state index contributed by atoms with van der Waals surface area (Å²) in [5.74, 6) is 1.38. The molecule has 4 rings (SSSR count). The molecule has 1 heterocycles. The van der Waals surface area contributed by atoms with E-state index in [4.69, 9.17) is 17.3 Å². The molecule has 23 heavy (non-hydrogen) atoms. The van der Waals surface area contributed by atoms with Crippen LogP contribution in [0.1, 0.15) is 16.8 Å². The van der Waals surface area contributed by atoms with E-state index in [0.717, 1.165) is 23.2 Å². The first-order chi connectivity index (χ1) is 11.2. The van der Waals surface area contributed by atoms with E-state index in [-0.39, 0.29) is 11.9 Å². The van der Waals surface area contributed by atoms with Crippen LogP contribution in [-0.4, -0.2) is 29.9 Å². The minimum Gasteiger partial charge on any atom is -0.334 e. The van der Waals surface area contributed by atoms with E-state index in [1.807, 2.05) is 53.4 Å². The van der Waals surface area contributed by atoms with Crippen molar-refractivity contribution in [2.24, 2.45) is 17.6 Å². The second kappa shape index (κ2) is 5.66. The molecule has 1 saturated carbocycles. The van der Waals surface area contributed by atoms with Gasteiger partial charge in [0.25, 0.3) is 5.91 Å². The average molecular weight is 327 g/mol. The van der Waals surface area contributed by atoms with Crippen LogP contribution in [0.2, 0.25) is 5.02 Å². The molecule has 1 saturated heterocycles. The lowest BCUT2D eigenvalue weighted by Gasteiger charge is -2.27. The summed E-state index contributed by atoms with van der Waals surface area (Å²) in [5.41, 5.74) is 8.62. The van der Waals surface area contributed by atoms with E-state index >= 15 is 0 Å². The summed E-state index contributed by atoms with van der Waals surface area (Å²) < 4.78 is 0. The lowest BCUT2D eigenvalue weighted by Crippen LogP contribution is -2.42. The molecular formula is C19H19ClN2O. The van der Waals surface area contributed by atoms with Gasteiger partial charge in [-0.15, -0.1) is 0 Å². The molecule has 1 aliphatic carbocycles. The molecule has 0 bridgehead atoms. The number of hydrogen-bond donors (Lipinski definition) is 1. The number of likely N-dealkylation sites (tertiary alicyclic amines) is 1. The Balaban J connectivity index is 1.69. The van der Waals surface area contributed by atoms with E-state index in [1.165, 1.54) is 6.42 Å². The Morgan fingerprint density at radius 3 is 2.65 bits per heavy atom. The Hall–Kier alpha value is -1.84. The number of benzene rings is 2. The fourth-order valence-corrected chi connectivity index (χ4v) is 3.94. The molecule has 4 heteroatoms. The summed E-state index contributed by atoms with van der Waals surface area (Å²) in [7, 11) is 0. The summed E-state index contributed by atoms with van der Waals surface area (Å²) in [6, 6.07) is 15.6. The van der Waals surface area contributed by atoms with Gasteiger partial charge in [0.05, 0.1) is 0 Å². The van der Waals surface area contributed by atoms with E-state index in [1.54, 1.807) is 0 Å². The summed E-state index contributed by atoms with van der Waals surface area (Å²) in [5, 5.41) is 0.695. The third-order valence-corrected chi connectivity index (χ3v) is 5.37. The summed E-state index contributed by atoms with van der Waals surface area (Å²) >= 11 is 5.97. The van der Waals surface area contributed by atoms with Gasteiger partial charge in [0.2, 0.25) is 0 Å². The number of piperidine rings is 1. The highest BCUT2D eigenvalue weighted by molar-refractivity contribution is 6.30. The molecule has 2 fully saturated rings. The molecule has 2 N–H and O–H groups in total. The highest BCUT2D eigenvalue weighted by Gasteiger charge is 2.53. The molecule has 118 valence electrons. The SMILES string of the molecule is NC[C@@H]1[C@@H]2C[C@@H]2CN1C(=O)c1ccccc1-c1ccc(Cl)cc1. The Labute approximate surface area is 141 Å². The number of nitrogens with zero attached hydrogens (tertiary/aromatic N) is 1. The van der Waals surface area contributed by atoms with Crippen molar-refractivity contribution >= 4 is 17.5 Å². The van der Waals surface area contributed by atoms with Crippen LogP contribution in [0.3, 0.4) is 0 Å². The van der Waals surface area contributed by atoms with Gasteiger partial charge in [0.15, 0.2) is 0 Å². The highest BCUT2D eigenvalue weighted by atomic mass is 35.5. The quantitative estimate of drug-likeness (QED) is 0.939. The van der Waals surface area contributed by atoms with Gasteiger partial charge in [-0.1, -0.05) is 41.9 Å². The van der Waals surface area contributed by atoms with E-state index in [0.29, 0.717) is 23.4 Å². The monoisotopic (exact) mass is 326 g/mol. The van der Waals surface area contributed by atoms with E-state index in [2.05, 4.69) is 0 Å². The van der Waals surface area contributed by atoms with Gasteiger partial charge in [0, 0.05) is 29.7 Å². The van der Waals surface area contributed by atoms with Crippen LogP contribution in [0.15, 0.2) is 48.5 Å². The Morgan fingerprint density at radius 2 is 1.91 bits per heavy atom. The Morgan fingerprint density at radius 1 is 1.17 bits per heavy atom. The number of halogens is 1. The molecule has 3 atom stereocenters. The number of rotatable bonds is 3.